The minimum Gasteiger partial charge on any atom is -0.368 e. The molecule has 2 amide bonds. The zero-order valence-electron chi connectivity index (χ0n) is 9.80. The van der Waals surface area contributed by atoms with Gasteiger partial charge in [-0.25, -0.2) is 4.98 Å². The quantitative estimate of drug-likeness (QED) is 0.819. The van der Waals surface area contributed by atoms with E-state index in [4.69, 9.17) is 17.3 Å². The molecule has 1 unspecified atom stereocenters. The van der Waals surface area contributed by atoms with E-state index in [9.17, 15) is 9.59 Å². The molecule has 1 aromatic rings. The van der Waals surface area contributed by atoms with Gasteiger partial charge in [-0.3, -0.25) is 9.59 Å². The summed E-state index contributed by atoms with van der Waals surface area (Å²) in [6.07, 6.45) is 2.39. The molecule has 2 heterocycles. The van der Waals surface area contributed by atoms with Crippen LogP contribution in [0.3, 0.4) is 0 Å². The lowest BCUT2D eigenvalue weighted by molar-refractivity contribution is -0.123. The summed E-state index contributed by atoms with van der Waals surface area (Å²) in [5, 5.41) is 0.258. The molecule has 1 fully saturated rings. The smallest absolute Gasteiger partial charge is 0.273 e. The molecule has 2 N–H and O–H groups in total. The minimum absolute atomic E-state index is 0.246. The first-order chi connectivity index (χ1) is 8.59. The fraction of sp³-hybridized carbons (Fsp3) is 0.417. The number of hydrogen-bond donors (Lipinski definition) is 1. The van der Waals surface area contributed by atoms with Crippen molar-refractivity contribution in [1.29, 1.82) is 0 Å². The van der Waals surface area contributed by atoms with E-state index in [1.54, 1.807) is 18.2 Å². The van der Waals surface area contributed by atoms with Gasteiger partial charge in [0.1, 0.15) is 16.9 Å². The van der Waals surface area contributed by atoms with Gasteiger partial charge >= 0.3 is 0 Å². The van der Waals surface area contributed by atoms with E-state index >= 15 is 0 Å². The average molecular weight is 268 g/mol. The molecule has 1 saturated heterocycles. The number of hydrogen-bond acceptors (Lipinski definition) is 3. The summed E-state index contributed by atoms with van der Waals surface area (Å²) in [6.45, 7) is 0.528. The van der Waals surface area contributed by atoms with Crippen molar-refractivity contribution < 1.29 is 9.59 Å². The first-order valence-electron chi connectivity index (χ1n) is 5.82. The molecule has 18 heavy (non-hydrogen) atoms. The van der Waals surface area contributed by atoms with Gasteiger partial charge in [0.05, 0.1) is 0 Å². The van der Waals surface area contributed by atoms with Gasteiger partial charge in [-0.15, -0.1) is 0 Å². The Morgan fingerprint density at radius 1 is 1.39 bits per heavy atom. The minimum atomic E-state index is -0.535. The summed E-state index contributed by atoms with van der Waals surface area (Å²) in [5.41, 5.74) is 5.57. The number of nitrogens with zero attached hydrogens (tertiary/aromatic N) is 2. The third-order valence-electron chi connectivity index (χ3n) is 3.03. The van der Waals surface area contributed by atoms with Crippen molar-refractivity contribution in [2.75, 3.05) is 6.54 Å². The van der Waals surface area contributed by atoms with Crippen LogP contribution in [0.5, 0.6) is 0 Å². The van der Waals surface area contributed by atoms with Crippen molar-refractivity contribution in [3.05, 3.63) is 29.0 Å². The van der Waals surface area contributed by atoms with E-state index < -0.39 is 11.9 Å². The fourth-order valence-corrected chi connectivity index (χ4v) is 2.31. The molecule has 0 bridgehead atoms. The highest BCUT2D eigenvalue weighted by atomic mass is 35.5. The third-order valence-corrected chi connectivity index (χ3v) is 3.24. The Bertz CT molecular complexity index is 478. The predicted molar refractivity (Wildman–Crippen MR) is 67.1 cm³/mol. The summed E-state index contributed by atoms with van der Waals surface area (Å²) in [5.74, 6) is -0.758. The number of carbonyl (C=O) groups excluding carboxylic acids is 2. The molecule has 0 spiro atoms. The van der Waals surface area contributed by atoms with E-state index in [0.29, 0.717) is 13.0 Å². The highest BCUT2D eigenvalue weighted by Gasteiger charge is 2.31. The van der Waals surface area contributed by atoms with Crippen LogP contribution >= 0.6 is 11.6 Å². The average Bonchev–Trinajstić information content (AvgIpc) is 2.38. The van der Waals surface area contributed by atoms with Gasteiger partial charge in [-0.2, -0.15) is 0 Å². The van der Waals surface area contributed by atoms with Crippen LogP contribution in [-0.4, -0.2) is 34.3 Å². The van der Waals surface area contributed by atoms with E-state index in [-0.39, 0.29) is 16.8 Å². The SMILES string of the molecule is NC(=O)C1CCCCN1C(=O)c1cccc(Cl)n1. The van der Waals surface area contributed by atoms with Gasteiger partial charge < -0.3 is 10.6 Å². The molecule has 0 radical (unpaired) electrons. The second-order valence-electron chi connectivity index (χ2n) is 4.26. The summed E-state index contributed by atoms with van der Waals surface area (Å²) in [7, 11) is 0. The Kier molecular flexibility index (Phi) is 3.81. The molecule has 96 valence electrons. The topological polar surface area (TPSA) is 76.3 Å². The molecule has 2 rings (SSSR count). The number of nitrogens with two attached hydrogens (primary N) is 1. The van der Waals surface area contributed by atoms with Crippen LogP contribution in [0.4, 0.5) is 0 Å². The van der Waals surface area contributed by atoms with Crippen LogP contribution in [0.25, 0.3) is 0 Å². The van der Waals surface area contributed by atoms with Crippen LogP contribution in [0.15, 0.2) is 18.2 Å². The van der Waals surface area contributed by atoms with Crippen LogP contribution < -0.4 is 5.73 Å². The number of primary amides is 1. The molecule has 0 aliphatic carbocycles. The maximum absolute atomic E-state index is 12.3. The molecule has 1 aliphatic rings. The van der Waals surface area contributed by atoms with Crippen molar-refractivity contribution in [2.24, 2.45) is 5.73 Å². The van der Waals surface area contributed by atoms with Gasteiger partial charge in [0.15, 0.2) is 0 Å². The maximum atomic E-state index is 12.3. The lowest BCUT2D eigenvalue weighted by atomic mass is 10.0. The van der Waals surface area contributed by atoms with Gasteiger partial charge in [0, 0.05) is 6.54 Å². The number of likely N-dealkylation sites (tertiary alicyclic amines) is 1. The maximum Gasteiger partial charge on any atom is 0.273 e. The largest absolute Gasteiger partial charge is 0.368 e. The van der Waals surface area contributed by atoms with Crippen LogP contribution in [0, 0.1) is 0 Å². The summed E-state index contributed by atoms with van der Waals surface area (Å²) in [4.78, 5) is 29.1. The molecular formula is C12H14ClN3O2. The molecular weight excluding hydrogens is 254 g/mol. The number of aromatic nitrogens is 1. The molecule has 1 aromatic heterocycles. The monoisotopic (exact) mass is 267 g/mol. The van der Waals surface area contributed by atoms with Crippen LogP contribution in [0.1, 0.15) is 29.8 Å². The molecule has 0 aromatic carbocycles. The zero-order valence-corrected chi connectivity index (χ0v) is 10.6. The summed E-state index contributed by atoms with van der Waals surface area (Å²) in [6, 6.07) is 4.30. The Balaban J connectivity index is 2.23. The summed E-state index contributed by atoms with van der Waals surface area (Å²) >= 11 is 5.75. The Hall–Kier alpha value is -1.62. The second-order valence-corrected chi connectivity index (χ2v) is 4.65. The number of rotatable bonds is 2. The normalized spacial score (nSPS) is 19.6. The molecule has 1 aliphatic heterocycles. The molecule has 0 saturated carbocycles. The van der Waals surface area contributed by atoms with Gasteiger partial charge in [-0.1, -0.05) is 17.7 Å². The van der Waals surface area contributed by atoms with Crippen LogP contribution in [0.2, 0.25) is 5.15 Å². The Labute approximate surface area is 110 Å². The van der Waals surface area contributed by atoms with E-state index in [1.165, 1.54) is 4.90 Å². The van der Waals surface area contributed by atoms with Crippen molar-refractivity contribution in [1.82, 2.24) is 9.88 Å². The number of piperidine rings is 1. The molecule has 5 nitrogen and oxygen atoms in total. The van der Waals surface area contributed by atoms with Gasteiger partial charge in [0.2, 0.25) is 5.91 Å². The lowest BCUT2D eigenvalue weighted by Crippen LogP contribution is -2.50. The number of amides is 2. The first-order valence-corrected chi connectivity index (χ1v) is 6.20. The highest BCUT2D eigenvalue weighted by Crippen LogP contribution is 2.19. The number of halogens is 1. The third kappa shape index (κ3) is 2.61. The lowest BCUT2D eigenvalue weighted by Gasteiger charge is -2.33. The van der Waals surface area contributed by atoms with E-state index in [1.807, 2.05) is 0 Å². The van der Waals surface area contributed by atoms with Crippen molar-refractivity contribution in [2.45, 2.75) is 25.3 Å². The molecule has 6 heteroatoms. The number of pyridine rings is 1. The number of carbonyl (C=O) groups is 2. The van der Waals surface area contributed by atoms with Crippen molar-refractivity contribution in [3.8, 4) is 0 Å². The second kappa shape index (κ2) is 5.35. The zero-order chi connectivity index (χ0) is 13.1. The van der Waals surface area contributed by atoms with Crippen LogP contribution in [-0.2, 0) is 4.79 Å². The Morgan fingerprint density at radius 2 is 2.17 bits per heavy atom. The Morgan fingerprint density at radius 3 is 2.83 bits per heavy atom. The van der Waals surface area contributed by atoms with Gasteiger partial charge in [0.25, 0.3) is 5.91 Å². The van der Waals surface area contributed by atoms with Crippen molar-refractivity contribution >= 4 is 23.4 Å². The predicted octanol–water partition coefficient (Wildman–Crippen LogP) is 1.21. The fourth-order valence-electron chi connectivity index (χ4n) is 2.14. The van der Waals surface area contributed by atoms with Crippen molar-refractivity contribution in [3.63, 3.8) is 0 Å². The first kappa shape index (κ1) is 12.8. The van der Waals surface area contributed by atoms with E-state index in [0.717, 1.165) is 12.8 Å². The standard InChI is InChI=1S/C12H14ClN3O2/c13-10-6-3-4-8(15-10)12(18)16-7-2-1-5-9(16)11(14)17/h3-4,6,9H,1-2,5,7H2,(H2,14,17). The molecule has 1 atom stereocenters. The van der Waals surface area contributed by atoms with Gasteiger partial charge in [-0.05, 0) is 31.4 Å². The van der Waals surface area contributed by atoms with E-state index in [2.05, 4.69) is 4.98 Å². The highest BCUT2D eigenvalue weighted by molar-refractivity contribution is 6.29. The summed E-state index contributed by atoms with van der Waals surface area (Å²) < 4.78 is 0.